The molecule has 0 spiro atoms. The third kappa shape index (κ3) is 6.25. The molecule has 0 amide bonds. The van der Waals surface area contributed by atoms with Gasteiger partial charge in [-0.25, -0.2) is 0 Å². The number of hydrogen-bond acceptors (Lipinski definition) is 2. The molecule has 1 aliphatic carbocycles. The zero-order chi connectivity index (χ0) is 46.2. The molecule has 328 valence electrons. The molecule has 0 atom stereocenters. The van der Waals surface area contributed by atoms with E-state index in [4.69, 9.17) is 0 Å². The third-order valence-corrected chi connectivity index (χ3v) is 15.8. The Bertz CT molecular complexity index is 4020. The van der Waals surface area contributed by atoms with E-state index >= 15 is 0 Å². The molecule has 0 aliphatic heterocycles. The van der Waals surface area contributed by atoms with E-state index in [1.165, 1.54) is 92.0 Å². The Kier molecular flexibility index (Phi) is 9.33. The van der Waals surface area contributed by atoms with Gasteiger partial charge < -0.3 is 9.47 Å². The maximum absolute atomic E-state index is 2.42. The van der Waals surface area contributed by atoms with Crippen molar-refractivity contribution in [2.45, 2.75) is 5.41 Å². The summed E-state index contributed by atoms with van der Waals surface area (Å²) >= 11 is 1.87. The molecule has 0 bridgehead atoms. The normalized spacial score (nSPS) is 12.7. The molecule has 0 saturated heterocycles. The molecule has 11 aromatic carbocycles. The molecule has 2 heterocycles. The van der Waals surface area contributed by atoms with Crippen molar-refractivity contribution in [3.63, 3.8) is 0 Å². The zero-order valence-corrected chi connectivity index (χ0v) is 39.0. The number of rotatable bonds is 8. The number of aromatic nitrogens is 1. The molecule has 3 heteroatoms. The Morgan fingerprint density at radius 2 is 0.829 bits per heavy atom. The minimum absolute atomic E-state index is 0.468. The topological polar surface area (TPSA) is 8.17 Å². The van der Waals surface area contributed by atoms with Crippen LogP contribution < -0.4 is 4.90 Å². The minimum atomic E-state index is -0.468. The molecule has 0 radical (unpaired) electrons. The first kappa shape index (κ1) is 40.3. The minimum Gasteiger partial charge on any atom is -0.310 e. The van der Waals surface area contributed by atoms with Gasteiger partial charge >= 0.3 is 0 Å². The zero-order valence-electron chi connectivity index (χ0n) is 38.2. The van der Waals surface area contributed by atoms with Crippen LogP contribution in [0.3, 0.4) is 0 Å². The second-order valence-corrected chi connectivity index (χ2v) is 19.5. The van der Waals surface area contributed by atoms with Gasteiger partial charge in [0.1, 0.15) is 0 Å². The summed E-state index contributed by atoms with van der Waals surface area (Å²) in [7, 11) is 0. The van der Waals surface area contributed by atoms with Crippen LogP contribution in [0.1, 0.15) is 22.3 Å². The lowest BCUT2D eigenvalue weighted by molar-refractivity contribution is 0.768. The molecule has 14 rings (SSSR count). The second-order valence-electron chi connectivity index (χ2n) is 18.4. The van der Waals surface area contributed by atoms with Gasteiger partial charge in [0.2, 0.25) is 0 Å². The Morgan fingerprint density at radius 3 is 1.50 bits per heavy atom. The molecule has 0 N–H and O–H groups in total. The van der Waals surface area contributed by atoms with Gasteiger partial charge in [-0.3, -0.25) is 0 Å². The van der Waals surface area contributed by atoms with Crippen molar-refractivity contribution in [2.24, 2.45) is 0 Å². The van der Waals surface area contributed by atoms with Crippen LogP contribution in [0.15, 0.2) is 267 Å². The highest BCUT2D eigenvalue weighted by molar-refractivity contribution is 7.25. The lowest BCUT2D eigenvalue weighted by Gasteiger charge is -2.34. The summed E-state index contributed by atoms with van der Waals surface area (Å²) in [5.41, 5.74) is 18.8. The van der Waals surface area contributed by atoms with Gasteiger partial charge in [-0.05, 0) is 128 Å². The van der Waals surface area contributed by atoms with Crippen LogP contribution in [0.25, 0.3) is 81.0 Å². The van der Waals surface area contributed by atoms with Crippen LogP contribution >= 0.6 is 11.3 Å². The van der Waals surface area contributed by atoms with Gasteiger partial charge in [-0.15, -0.1) is 11.3 Å². The standard InChI is InChI=1S/C67H44N2S/c1-3-17-49(18-4-1)67(50-19-5-2-6-20-50)61-26-11-7-22-55(61)60-44-54(39-41-62(60)67)68(52-37-32-46(33-38-52)48-34-40-59-58-25-10-14-29-65(58)70-66(59)43-48)51-35-30-45(31-36-51)47-16-15-21-53(42-47)69-63-27-12-8-23-56(63)57-24-9-13-28-64(57)69/h1-44H. The largest absolute Gasteiger partial charge is 0.310 e. The fourth-order valence-corrected chi connectivity index (χ4v) is 12.7. The molecule has 1 aliphatic rings. The molecule has 2 nitrogen and oxygen atoms in total. The quantitative estimate of drug-likeness (QED) is 0.147. The van der Waals surface area contributed by atoms with Gasteiger partial charge in [0.05, 0.1) is 16.4 Å². The van der Waals surface area contributed by atoms with Crippen LogP contribution in [0.2, 0.25) is 0 Å². The number of fused-ring (bicyclic) bond motifs is 9. The number of para-hydroxylation sites is 2. The van der Waals surface area contributed by atoms with E-state index in [0.29, 0.717) is 0 Å². The highest BCUT2D eigenvalue weighted by Gasteiger charge is 2.46. The smallest absolute Gasteiger partial charge is 0.0713 e. The molecule has 0 fully saturated rings. The Labute approximate surface area is 411 Å². The summed E-state index contributed by atoms with van der Waals surface area (Å²) in [5.74, 6) is 0. The second kappa shape index (κ2) is 16.2. The fraction of sp³-hybridized carbons (Fsp3) is 0.0149. The van der Waals surface area contributed by atoms with E-state index < -0.39 is 5.41 Å². The van der Waals surface area contributed by atoms with Gasteiger partial charge in [0.25, 0.3) is 0 Å². The first-order valence-electron chi connectivity index (χ1n) is 24.1. The lowest BCUT2D eigenvalue weighted by Crippen LogP contribution is -2.28. The number of hydrogen-bond donors (Lipinski definition) is 0. The van der Waals surface area contributed by atoms with E-state index in [2.05, 4.69) is 276 Å². The maximum atomic E-state index is 2.42. The van der Waals surface area contributed by atoms with E-state index in [1.54, 1.807) is 0 Å². The van der Waals surface area contributed by atoms with Crippen molar-refractivity contribution in [1.82, 2.24) is 4.57 Å². The summed E-state index contributed by atoms with van der Waals surface area (Å²) in [5, 5.41) is 5.16. The first-order chi connectivity index (χ1) is 34.7. The summed E-state index contributed by atoms with van der Waals surface area (Å²) in [6.07, 6.45) is 0. The molecule has 70 heavy (non-hydrogen) atoms. The monoisotopic (exact) mass is 908 g/mol. The molecule has 2 aromatic heterocycles. The highest BCUT2D eigenvalue weighted by atomic mass is 32.1. The van der Waals surface area contributed by atoms with Gasteiger partial charge in [0, 0.05) is 53.7 Å². The lowest BCUT2D eigenvalue weighted by atomic mass is 9.68. The predicted molar refractivity (Wildman–Crippen MR) is 297 cm³/mol. The van der Waals surface area contributed by atoms with Crippen molar-refractivity contribution in [2.75, 3.05) is 4.90 Å². The van der Waals surface area contributed by atoms with E-state index in [-0.39, 0.29) is 0 Å². The van der Waals surface area contributed by atoms with Crippen molar-refractivity contribution >= 4 is 70.4 Å². The van der Waals surface area contributed by atoms with Gasteiger partial charge in [-0.1, -0.05) is 194 Å². The van der Waals surface area contributed by atoms with Crippen molar-refractivity contribution in [1.29, 1.82) is 0 Å². The molecule has 0 saturated carbocycles. The molecule has 0 unspecified atom stereocenters. The Morgan fingerprint density at radius 1 is 0.314 bits per heavy atom. The molecular formula is C67H44N2S. The van der Waals surface area contributed by atoms with E-state index in [0.717, 1.165) is 28.3 Å². The number of benzene rings is 11. The average Bonchev–Trinajstić information content (AvgIpc) is 4.08. The molecular weight excluding hydrogens is 865 g/mol. The van der Waals surface area contributed by atoms with Crippen LogP contribution in [-0.4, -0.2) is 4.57 Å². The summed E-state index contributed by atoms with van der Waals surface area (Å²) in [4.78, 5) is 2.42. The van der Waals surface area contributed by atoms with Crippen molar-refractivity contribution < 1.29 is 0 Å². The first-order valence-corrected chi connectivity index (χ1v) is 24.9. The van der Waals surface area contributed by atoms with Gasteiger partial charge in [0.15, 0.2) is 0 Å². The number of nitrogens with zero attached hydrogens (tertiary/aromatic N) is 2. The summed E-state index contributed by atoms with van der Waals surface area (Å²) in [6.45, 7) is 0. The maximum Gasteiger partial charge on any atom is 0.0713 e. The van der Waals surface area contributed by atoms with Crippen molar-refractivity contribution in [3.05, 3.63) is 289 Å². The van der Waals surface area contributed by atoms with Crippen molar-refractivity contribution in [3.8, 4) is 39.1 Å². The van der Waals surface area contributed by atoms with Crippen LogP contribution in [0.5, 0.6) is 0 Å². The third-order valence-electron chi connectivity index (χ3n) is 14.7. The summed E-state index contributed by atoms with van der Waals surface area (Å²) in [6, 6.07) is 98.5. The predicted octanol–water partition coefficient (Wildman–Crippen LogP) is 18.3. The SMILES string of the molecule is c1ccc(C2(c3ccccc3)c3ccccc3-c3cc(N(c4ccc(-c5cccc(-n6c7ccccc7c7ccccc76)c5)cc4)c4ccc(-c5ccc6c(c5)sc5ccccc56)cc4)ccc32)cc1. The average molecular weight is 909 g/mol. The van der Waals surface area contributed by atoms with Gasteiger partial charge in [-0.2, -0.15) is 0 Å². The Balaban J connectivity index is 0.900. The summed E-state index contributed by atoms with van der Waals surface area (Å²) < 4.78 is 5.03. The van der Waals surface area contributed by atoms with Crippen LogP contribution in [0, 0.1) is 0 Å². The highest BCUT2D eigenvalue weighted by Crippen LogP contribution is 2.57. The van der Waals surface area contributed by atoms with Crippen LogP contribution in [-0.2, 0) is 5.41 Å². The Hall–Kier alpha value is -8.76. The van der Waals surface area contributed by atoms with E-state index in [1.807, 2.05) is 11.3 Å². The fourth-order valence-electron chi connectivity index (χ4n) is 11.6. The number of thiophene rings is 1. The van der Waals surface area contributed by atoms with Crippen LogP contribution in [0.4, 0.5) is 17.1 Å². The number of anilines is 3. The molecule has 13 aromatic rings. The van der Waals surface area contributed by atoms with E-state index in [9.17, 15) is 0 Å².